The van der Waals surface area contributed by atoms with Gasteiger partial charge in [0, 0.05) is 18.2 Å². The number of benzene rings is 1. The Labute approximate surface area is 150 Å². The van der Waals surface area contributed by atoms with Crippen LogP contribution in [0.2, 0.25) is 0 Å². The van der Waals surface area contributed by atoms with Gasteiger partial charge in [0.1, 0.15) is 5.75 Å². The Balaban J connectivity index is 2.10. The summed E-state index contributed by atoms with van der Waals surface area (Å²) in [5.41, 5.74) is -1.64. The molecule has 4 N–H and O–H groups in total. The molecule has 3 rings (SSSR count). The molecule has 1 aromatic carbocycles. The number of fused-ring (bicyclic) bond motifs is 1. The molecule has 8 nitrogen and oxygen atoms in total. The molecule has 0 saturated carbocycles. The van der Waals surface area contributed by atoms with E-state index in [4.69, 9.17) is 0 Å². The van der Waals surface area contributed by atoms with Crippen LogP contribution in [0.15, 0.2) is 24.3 Å². The number of nitrogens with zero attached hydrogens (tertiary/aromatic N) is 1. The number of phenols is 1. The number of phenolic OH excluding ortho intramolecular Hbond substituents is 1. The second-order valence-corrected chi connectivity index (χ2v) is 6.80. The van der Waals surface area contributed by atoms with Crippen molar-refractivity contribution >= 4 is 17.8 Å². The van der Waals surface area contributed by atoms with Crippen LogP contribution < -0.4 is 5.32 Å². The Morgan fingerprint density at radius 2 is 1.96 bits per heavy atom. The third-order valence-corrected chi connectivity index (χ3v) is 5.38. The summed E-state index contributed by atoms with van der Waals surface area (Å²) in [4.78, 5) is 38.9. The highest BCUT2D eigenvalue weighted by molar-refractivity contribution is 6.09. The Kier molecular flexibility index (Phi) is 4.72. The Morgan fingerprint density at radius 1 is 1.27 bits per heavy atom. The number of hydrogen-bond acceptors (Lipinski definition) is 6. The van der Waals surface area contributed by atoms with Crippen molar-refractivity contribution in [2.24, 2.45) is 11.8 Å². The Morgan fingerprint density at radius 3 is 2.54 bits per heavy atom. The Bertz CT molecular complexity index is 751. The lowest BCUT2D eigenvalue weighted by Gasteiger charge is -2.29. The molecule has 0 aromatic heterocycles. The number of aromatic hydroxyl groups is 1. The van der Waals surface area contributed by atoms with Crippen molar-refractivity contribution in [1.29, 1.82) is 0 Å². The molecule has 0 bridgehead atoms. The molecule has 2 heterocycles. The number of aliphatic hydroxyl groups is 1. The van der Waals surface area contributed by atoms with Crippen LogP contribution in [0.25, 0.3) is 0 Å². The first-order chi connectivity index (χ1) is 12.4. The van der Waals surface area contributed by atoms with E-state index in [0.29, 0.717) is 12.0 Å². The molecule has 26 heavy (non-hydrogen) atoms. The number of carbonyl (C=O) groups is 3. The summed E-state index contributed by atoms with van der Waals surface area (Å²) in [5, 5.41) is 32.5. The maximum absolute atomic E-state index is 12.9. The van der Waals surface area contributed by atoms with Gasteiger partial charge in [-0.3, -0.25) is 24.6 Å². The van der Waals surface area contributed by atoms with Crippen LogP contribution in [0.4, 0.5) is 0 Å². The topological polar surface area (TPSA) is 127 Å². The molecule has 2 fully saturated rings. The van der Waals surface area contributed by atoms with Gasteiger partial charge in [0.2, 0.25) is 11.8 Å². The second-order valence-electron chi connectivity index (χ2n) is 6.80. The summed E-state index contributed by atoms with van der Waals surface area (Å²) in [6.07, 6.45) is 1.39. The van der Waals surface area contributed by atoms with E-state index in [9.17, 15) is 29.7 Å². The number of rotatable bonds is 6. The van der Waals surface area contributed by atoms with Gasteiger partial charge in [0.25, 0.3) is 0 Å². The number of para-hydroxylation sites is 1. The highest BCUT2D eigenvalue weighted by Gasteiger charge is 2.68. The van der Waals surface area contributed by atoms with Crippen molar-refractivity contribution in [3.8, 4) is 5.75 Å². The van der Waals surface area contributed by atoms with Crippen molar-refractivity contribution in [2.45, 2.75) is 31.3 Å². The van der Waals surface area contributed by atoms with E-state index >= 15 is 0 Å². The number of carboxylic acids is 1. The first kappa shape index (κ1) is 18.3. The zero-order valence-electron chi connectivity index (χ0n) is 14.4. The summed E-state index contributed by atoms with van der Waals surface area (Å²) in [6.45, 7) is 1.30. The number of nitrogens with one attached hydrogen (secondary N) is 1. The van der Waals surface area contributed by atoms with Gasteiger partial charge in [0.15, 0.2) is 5.54 Å². The predicted molar refractivity (Wildman–Crippen MR) is 90.0 cm³/mol. The number of aliphatic hydroxyl groups excluding tert-OH is 1. The maximum Gasteiger partial charge on any atom is 0.327 e. The van der Waals surface area contributed by atoms with Crippen LogP contribution in [0.1, 0.15) is 31.4 Å². The highest BCUT2D eigenvalue weighted by Crippen LogP contribution is 2.50. The summed E-state index contributed by atoms with van der Waals surface area (Å²) < 4.78 is 0. The van der Waals surface area contributed by atoms with Crippen LogP contribution in [-0.2, 0) is 14.4 Å². The van der Waals surface area contributed by atoms with E-state index in [-0.39, 0.29) is 12.3 Å². The molecule has 0 aliphatic carbocycles. The molecule has 2 aliphatic heterocycles. The number of aliphatic carboxylic acids is 1. The van der Waals surface area contributed by atoms with Gasteiger partial charge in [0.05, 0.1) is 18.4 Å². The van der Waals surface area contributed by atoms with Crippen molar-refractivity contribution in [2.75, 3.05) is 13.2 Å². The first-order valence-electron chi connectivity index (χ1n) is 8.64. The lowest BCUT2D eigenvalue weighted by Crippen LogP contribution is -2.58. The monoisotopic (exact) mass is 362 g/mol. The summed E-state index contributed by atoms with van der Waals surface area (Å²) in [5.74, 6) is -4.77. The van der Waals surface area contributed by atoms with Crippen molar-refractivity contribution < 1.29 is 29.7 Å². The third-order valence-electron chi connectivity index (χ3n) is 5.38. The van der Waals surface area contributed by atoms with Crippen molar-refractivity contribution in [3.63, 3.8) is 0 Å². The van der Waals surface area contributed by atoms with Crippen LogP contribution in [0.3, 0.4) is 0 Å². The number of hydrogen-bond donors (Lipinski definition) is 4. The zero-order chi connectivity index (χ0) is 19.1. The number of carboxylic acid groups (broad SMARTS) is 1. The molecule has 8 heteroatoms. The van der Waals surface area contributed by atoms with Crippen LogP contribution in [0.5, 0.6) is 5.75 Å². The van der Waals surface area contributed by atoms with Gasteiger partial charge in [-0.1, -0.05) is 31.5 Å². The number of amides is 2. The zero-order valence-corrected chi connectivity index (χ0v) is 14.4. The van der Waals surface area contributed by atoms with Gasteiger partial charge >= 0.3 is 5.97 Å². The fourth-order valence-corrected chi connectivity index (χ4v) is 4.03. The van der Waals surface area contributed by atoms with Crippen LogP contribution in [-0.4, -0.2) is 56.7 Å². The average Bonchev–Trinajstić information content (AvgIpc) is 3.09. The molecule has 2 aliphatic rings. The van der Waals surface area contributed by atoms with Gasteiger partial charge < -0.3 is 15.3 Å². The molecule has 1 aromatic rings. The fourth-order valence-electron chi connectivity index (χ4n) is 4.03. The minimum atomic E-state index is -1.97. The number of unbranched alkanes of at least 4 members (excludes halogenated alkanes) is 1. The highest BCUT2D eigenvalue weighted by atomic mass is 16.4. The summed E-state index contributed by atoms with van der Waals surface area (Å²) >= 11 is 0. The normalized spacial score (nSPS) is 30.7. The molecule has 4 atom stereocenters. The number of imide groups is 1. The van der Waals surface area contributed by atoms with E-state index in [1.165, 1.54) is 6.07 Å². The van der Waals surface area contributed by atoms with Crippen molar-refractivity contribution in [3.05, 3.63) is 29.8 Å². The lowest BCUT2D eigenvalue weighted by molar-refractivity contribution is -0.153. The summed E-state index contributed by atoms with van der Waals surface area (Å²) in [6, 6.07) is 5.39. The lowest BCUT2D eigenvalue weighted by atomic mass is 9.79. The van der Waals surface area contributed by atoms with E-state index < -0.39 is 47.8 Å². The van der Waals surface area contributed by atoms with E-state index in [1.54, 1.807) is 18.2 Å². The minimum Gasteiger partial charge on any atom is -0.508 e. The minimum absolute atomic E-state index is 0.102. The van der Waals surface area contributed by atoms with Crippen LogP contribution >= 0.6 is 0 Å². The molecule has 2 saturated heterocycles. The molecule has 140 valence electrons. The third kappa shape index (κ3) is 2.48. The SMILES string of the molecule is CCCCN1C(=O)C2C(c3ccccc3O)NC(CO)(C(=O)O)C2C1=O. The van der Waals surface area contributed by atoms with Crippen LogP contribution in [0, 0.1) is 11.8 Å². The predicted octanol–water partition coefficient (Wildman–Crippen LogP) is 0.254. The molecular formula is C18H22N2O6. The summed E-state index contributed by atoms with van der Waals surface area (Å²) in [7, 11) is 0. The average molecular weight is 362 g/mol. The van der Waals surface area contributed by atoms with Gasteiger partial charge in [-0.05, 0) is 12.5 Å². The molecule has 0 spiro atoms. The largest absolute Gasteiger partial charge is 0.508 e. The maximum atomic E-state index is 12.9. The second kappa shape index (κ2) is 6.69. The molecule has 2 amide bonds. The smallest absolute Gasteiger partial charge is 0.327 e. The Hall–Kier alpha value is -2.45. The van der Waals surface area contributed by atoms with E-state index in [1.807, 2.05) is 6.92 Å². The van der Waals surface area contributed by atoms with E-state index in [2.05, 4.69) is 5.32 Å². The molecular weight excluding hydrogens is 340 g/mol. The standard InChI is InChI=1S/C18H22N2O6/c1-2-3-8-20-15(23)12-13(16(20)24)18(9-21,17(25)26)19-14(12)10-6-4-5-7-11(10)22/h4-7,12-14,19,21-22H,2-3,8-9H2,1H3,(H,25,26). The van der Waals surface area contributed by atoms with Gasteiger partial charge in [-0.15, -0.1) is 0 Å². The number of carbonyl (C=O) groups excluding carboxylic acids is 2. The van der Waals surface area contributed by atoms with Gasteiger partial charge in [-0.25, -0.2) is 0 Å². The number of likely N-dealkylation sites (tertiary alicyclic amines) is 1. The molecule has 0 radical (unpaired) electrons. The quantitative estimate of drug-likeness (QED) is 0.534. The van der Waals surface area contributed by atoms with Gasteiger partial charge in [-0.2, -0.15) is 0 Å². The van der Waals surface area contributed by atoms with E-state index in [0.717, 1.165) is 11.3 Å². The fraction of sp³-hybridized carbons (Fsp3) is 0.500. The molecule has 4 unspecified atom stereocenters. The first-order valence-corrected chi connectivity index (χ1v) is 8.64. The van der Waals surface area contributed by atoms with Crippen molar-refractivity contribution in [1.82, 2.24) is 10.2 Å².